The lowest BCUT2D eigenvalue weighted by Crippen LogP contribution is -2.60. The van der Waals surface area contributed by atoms with Gasteiger partial charge in [-0.1, -0.05) is 0 Å². The smallest absolute Gasteiger partial charge is 0.345 e. The highest BCUT2D eigenvalue weighted by Crippen LogP contribution is 2.43. The third-order valence-electron chi connectivity index (χ3n) is 6.83. The van der Waals surface area contributed by atoms with E-state index in [9.17, 15) is 40.5 Å². The number of cyclic esters (lactones) is 1. The molecule has 14 nitrogen and oxygen atoms in total. The average Bonchev–Trinajstić information content (AvgIpc) is 3.22. The van der Waals surface area contributed by atoms with Crippen molar-refractivity contribution >= 4 is 16.7 Å². The Morgan fingerprint density at radius 2 is 1.68 bits per heavy atom. The zero-order valence-electron chi connectivity index (χ0n) is 20.0. The topological polar surface area (TPSA) is 214 Å². The van der Waals surface area contributed by atoms with Crippen molar-refractivity contribution < 1.29 is 69.0 Å². The number of aliphatic hydroxyl groups is 6. The predicted octanol–water partition coefficient (Wildman–Crippen LogP) is -2.00. The molecule has 1 unspecified atom stereocenters. The molecule has 0 saturated carbocycles. The molecule has 0 bridgehead atoms. The first-order chi connectivity index (χ1) is 18.1. The van der Waals surface area contributed by atoms with Crippen LogP contribution in [0.5, 0.6) is 11.5 Å². The van der Waals surface area contributed by atoms with Gasteiger partial charge in [0.2, 0.25) is 6.29 Å². The van der Waals surface area contributed by atoms with Gasteiger partial charge in [0.15, 0.2) is 12.6 Å². The van der Waals surface area contributed by atoms with E-state index in [1.54, 1.807) is 24.3 Å². The van der Waals surface area contributed by atoms with E-state index in [1.165, 1.54) is 7.11 Å². The molecule has 2 aromatic carbocycles. The first-order valence-corrected chi connectivity index (χ1v) is 11.8. The fourth-order valence-corrected chi connectivity index (χ4v) is 4.64. The van der Waals surface area contributed by atoms with Gasteiger partial charge in [-0.05, 0) is 29.7 Å². The maximum atomic E-state index is 12.5. The Hall–Kier alpha value is -2.63. The summed E-state index contributed by atoms with van der Waals surface area (Å²) in [5, 5.41) is 72.2. The van der Waals surface area contributed by atoms with Gasteiger partial charge in [0, 0.05) is 10.9 Å². The molecule has 3 aliphatic rings. The van der Waals surface area contributed by atoms with Crippen LogP contribution in [0.4, 0.5) is 0 Å². The number of carbonyl (C=O) groups is 1. The normalized spacial score (nSPS) is 37.2. The number of phenolic OH excluding ortho intramolecular Hbond substituents is 1. The number of aliphatic hydroxyl groups excluding tert-OH is 6. The van der Waals surface area contributed by atoms with Crippen molar-refractivity contribution in [3.05, 3.63) is 35.4 Å². The Bertz CT molecular complexity index is 1190. The highest BCUT2D eigenvalue weighted by atomic mass is 16.8. The second-order valence-electron chi connectivity index (χ2n) is 9.25. The van der Waals surface area contributed by atoms with Crippen LogP contribution in [0.2, 0.25) is 0 Å². The minimum absolute atomic E-state index is 0.136. The van der Waals surface area contributed by atoms with Crippen LogP contribution in [0.15, 0.2) is 24.3 Å². The molecule has 3 aliphatic heterocycles. The van der Waals surface area contributed by atoms with Crippen molar-refractivity contribution in [3.63, 3.8) is 0 Å². The largest absolute Gasteiger partial charge is 0.506 e. The number of fused-ring (bicyclic) bond motifs is 2. The number of rotatable bonds is 6. The summed E-state index contributed by atoms with van der Waals surface area (Å²) in [6.45, 7) is -0.800. The highest BCUT2D eigenvalue weighted by Gasteiger charge is 2.48. The third kappa shape index (κ3) is 4.69. The van der Waals surface area contributed by atoms with E-state index in [4.69, 9.17) is 28.4 Å². The average molecular weight is 540 g/mol. The third-order valence-corrected chi connectivity index (χ3v) is 6.83. The molecule has 3 heterocycles. The molecule has 10 atom stereocenters. The van der Waals surface area contributed by atoms with Crippen LogP contribution < -0.4 is 4.74 Å². The van der Waals surface area contributed by atoms with E-state index in [0.29, 0.717) is 16.5 Å². The lowest BCUT2D eigenvalue weighted by atomic mass is 9.98. The van der Waals surface area contributed by atoms with E-state index in [2.05, 4.69) is 0 Å². The number of phenols is 1. The quantitative estimate of drug-likeness (QED) is 0.198. The molecule has 208 valence electrons. The second-order valence-corrected chi connectivity index (χ2v) is 9.25. The minimum atomic E-state index is -1.77. The Morgan fingerprint density at radius 1 is 0.947 bits per heavy atom. The molecule has 38 heavy (non-hydrogen) atoms. The fourth-order valence-electron chi connectivity index (χ4n) is 4.64. The van der Waals surface area contributed by atoms with Crippen molar-refractivity contribution in [1.82, 2.24) is 0 Å². The van der Waals surface area contributed by atoms with Crippen LogP contribution in [-0.2, 0) is 23.7 Å². The molecule has 7 N–H and O–H groups in total. The molecule has 2 fully saturated rings. The van der Waals surface area contributed by atoms with Gasteiger partial charge in [-0.2, -0.15) is 0 Å². The zero-order valence-corrected chi connectivity index (χ0v) is 20.0. The maximum Gasteiger partial charge on any atom is 0.345 e. The first kappa shape index (κ1) is 27.0. The number of aromatic hydroxyl groups is 1. The summed E-state index contributed by atoms with van der Waals surface area (Å²) in [5.41, 5.74) is 0.00588. The molecule has 0 aromatic heterocycles. The predicted molar refractivity (Wildman–Crippen MR) is 122 cm³/mol. The molecule has 0 spiro atoms. The van der Waals surface area contributed by atoms with Gasteiger partial charge < -0.3 is 64.2 Å². The molecule has 5 rings (SSSR count). The van der Waals surface area contributed by atoms with Gasteiger partial charge in [0.25, 0.3) is 0 Å². The van der Waals surface area contributed by atoms with Crippen molar-refractivity contribution in [3.8, 4) is 11.5 Å². The van der Waals surface area contributed by atoms with E-state index in [-0.39, 0.29) is 23.5 Å². The SMILES string of the molecule is COc1ccc2c(O)c3c(cc2c1)C(O[C@@H]1O[C@H](CO[C@@H]2OC[C@@H](O)[C@H](O)[C@H]2O)[C@@H](O)[C@H](O)[C@H]1O)OC3=O. The zero-order chi connectivity index (χ0) is 27.3. The molecule has 0 radical (unpaired) electrons. The van der Waals surface area contributed by atoms with Crippen molar-refractivity contribution in [2.75, 3.05) is 20.3 Å². The minimum Gasteiger partial charge on any atom is -0.506 e. The van der Waals surface area contributed by atoms with E-state index in [1.807, 2.05) is 0 Å². The van der Waals surface area contributed by atoms with Crippen molar-refractivity contribution in [1.29, 1.82) is 0 Å². The summed E-state index contributed by atoms with van der Waals surface area (Å²) in [6.07, 6.45) is -15.4. The Labute approximate surface area is 215 Å². The Balaban J connectivity index is 1.33. The standard InChI is InChI=1S/C24H28O14/c1-33-9-2-3-10-8(4-9)5-11-14(15(10)26)21(32)37-22(11)38-24-20(31)18(29)17(28)13(36-24)7-35-23-19(30)16(27)12(25)6-34-23/h2-5,12-13,16-20,22-31H,6-7H2,1H3/t12-,13-,16+,17-,18+,19-,20-,22?,23+,24+/m1/s1. The van der Waals surface area contributed by atoms with Crippen LogP contribution in [-0.4, -0.2) is 117 Å². The molecular weight excluding hydrogens is 512 g/mol. The number of hydrogen-bond acceptors (Lipinski definition) is 14. The molecule has 2 saturated heterocycles. The monoisotopic (exact) mass is 540 g/mol. The number of methoxy groups -OCH3 is 1. The molecule has 2 aromatic rings. The van der Waals surface area contributed by atoms with Gasteiger partial charge >= 0.3 is 5.97 Å². The lowest BCUT2D eigenvalue weighted by molar-refractivity contribution is -0.342. The number of ether oxygens (including phenoxy) is 6. The summed E-state index contributed by atoms with van der Waals surface area (Å²) in [5.74, 6) is -0.712. The number of benzene rings is 2. The maximum absolute atomic E-state index is 12.5. The van der Waals surface area contributed by atoms with Crippen LogP contribution in [0, 0.1) is 0 Å². The van der Waals surface area contributed by atoms with Crippen molar-refractivity contribution in [2.45, 2.75) is 61.6 Å². The lowest BCUT2D eigenvalue weighted by Gasteiger charge is -2.41. The number of carbonyl (C=O) groups excluding carboxylic acids is 1. The van der Waals surface area contributed by atoms with Gasteiger partial charge in [-0.3, -0.25) is 0 Å². The van der Waals surface area contributed by atoms with E-state index < -0.39 is 74.2 Å². The first-order valence-electron chi connectivity index (χ1n) is 11.8. The molecule has 0 aliphatic carbocycles. The molecule has 14 heteroatoms. The Kier molecular flexibility index (Phi) is 7.45. The van der Waals surface area contributed by atoms with Gasteiger partial charge in [-0.15, -0.1) is 0 Å². The highest BCUT2D eigenvalue weighted by molar-refractivity contribution is 6.04. The molecular formula is C24H28O14. The number of esters is 1. The Morgan fingerprint density at radius 3 is 2.42 bits per heavy atom. The van der Waals surface area contributed by atoms with Crippen LogP contribution in [0.3, 0.4) is 0 Å². The van der Waals surface area contributed by atoms with Crippen molar-refractivity contribution in [2.24, 2.45) is 0 Å². The van der Waals surface area contributed by atoms with Crippen LogP contribution in [0.1, 0.15) is 22.2 Å². The summed E-state index contributed by atoms with van der Waals surface area (Å²) in [4.78, 5) is 12.5. The summed E-state index contributed by atoms with van der Waals surface area (Å²) < 4.78 is 32.3. The molecule has 0 amide bonds. The summed E-state index contributed by atoms with van der Waals surface area (Å²) in [7, 11) is 1.47. The van der Waals surface area contributed by atoms with Gasteiger partial charge in [0.1, 0.15) is 59.8 Å². The van der Waals surface area contributed by atoms with Gasteiger partial charge in [0.05, 0.1) is 20.3 Å². The number of hydrogen-bond donors (Lipinski definition) is 7. The van der Waals surface area contributed by atoms with Crippen LogP contribution >= 0.6 is 0 Å². The van der Waals surface area contributed by atoms with E-state index >= 15 is 0 Å². The van der Waals surface area contributed by atoms with Gasteiger partial charge in [-0.25, -0.2) is 4.79 Å². The summed E-state index contributed by atoms with van der Waals surface area (Å²) in [6, 6.07) is 6.37. The summed E-state index contributed by atoms with van der Waals surface area (Å²) >= 11 is 0. The van der Waals surface area contributed by atoms with E-state index in [0.717, 1.165) is 0 Å². The van der Waals surface area contributed by atoms with Crippen LogP contribution in [0.25, 0.3) is 10.8 Å². The fraction of sp³-hybridized carbons (Fsp3) is 0.542. The second kappa shape index (κ2) is 10.5.